The minimum absolute atomic E-state index is 0. The van der Waals surface area contributed by atoms with E-state index >= 15 is 0 Å². The Kier molecular flexibility index (Phi) is 8.18. The molecule has 2 saturated heterocycles. The Morgan fingerprint density at radius 3 is 2.36 bits per heavy atom. The molecule has 2 amide bonds. The molecule has 0 saturated carbocycles. The van der Waals surface area contributed by atoms with Gasteiger partial charge in [-0.15, -0.1) is 12.4 Å². The van der Waals surface area contributed by atoms with Crippen LogP contribution in [0.25, 0.3) is 0 Å². The van der Waals surface area contributed by atoms with Crippen LogP contribution in [0.1, 0.15) is 45.4 Å². The highest BCUT2D eigenvalue weighted by molar-refractivity contribution is 5.85. The van der Waals surface area contributed by atoms with Gasteiger partial charge in [0.2, 0.25) is 11.8 Å². The van der Waals surface area contributed by atoms with Crippen LogP contribution in [0, 0.1) is 5.92 Å². The second kappa shape index (κ2) is 9.36. The standard InChI is InChI=1S/C16H29N3O2.ClH/c1-3-5-15(20)18-10-7-13(8-11-18)16(21)19-9-4-6-14(12-19)17-2;/h13-14,17H,3-12H2,1-2H3;1H. The Hall–Kier alpha value is -0.810. The first-order valence-electron chi connectivity index (χ1n) is 8.39. The van der Waals surface area contributed by atoms with Crippen LogP contribution in [0.3, 0.4) is 0 Å². The number of carbonyl (C=O) groups is 2. The fourth-order valence-electron chi connectivity index (χ4n) is 3.42. The minimum Gasteiger partial charge on any atom is -0.343 e. The molecule has 2 aliphatic rings. The average Bonchev–Trinajstić information content (AvgIpc) is 2.54. The van der Waals surface area contributed by atoms with E-state index in [-0.39, 0.29) is 24.2 Å². The van der Waals surface area contributed by atoms with Gasteiger partial charge in [-0.3, -0.25) is 9.59 Å². The Bertz CT molecular complexity index is 370. The monoisotopic (exact) mass is 331 g/mol. The molecule has 0 spiro atoms. The molecule has 0 aromatic rings. The lowest BCUT2D eigenvalue weighted by Crippen LogP contribution is -2.50. The van der Waals surface area contributed by atoms with Crippen LogP contribution < -0.4 is 5.32 Å². The maximum absolute atomic E-state index is 12.6. The van der Waals surface area contributed by atoms with Crippen molar-refractivity contribution in [2.24, 2.45) is 5.92 Å². The lowest BCUT2D eigenvalue weighted by Gasteiger charge is -2.37. The number of nitrogens with zero attached hydrogens (tertiary/aromatic N) is 2. The van der Waals surface area contributed by atoms with Gasteiger partial charge in [-0.25, -0.2) is 0 Å². The van der Waals surface area contributed by atoms with Crippen LogP contribution in [-0.2, 0) is 9.59 Å². The summed E-state index contributed by atoms with van der Waals surface area (Å²) in [6.45, 7) is 5.26. The van der Waals surface area contributed by atoms with Crippen molar-refractivity contribution in [1.82, 2.24) is 15.1 Å². The number of halogens is 1. The highest BCUT2D eigenvalue weighted by Gasteiger charge is 2.31. The quantitative estimate of drug-likeness (QED) is 0.852. The molecule has 1 atom stereocenters. The van der Waals surface area contributed by atoms with Crippen molar-refractivity contribution in [3.63, 3.8) is 0 Å². The third-order valence-electron chi connectivity index (χ3n) is 4.80. The molecular weight excluding hydrogens is 302 g/mol. The molecule has 0 aliphatic carbocycles. The number of carbonyl (C=O) groups excluding carboxylic acids is 2. The van der Waals surface area contributed by atoms with Crippen molar-refractivity contribution in [2.75, 3.05) is 33.2 Å². The van der Waals surface area contributed by atoms with E-state index in [1.165, 1.54) is 0 Å². The molecule has 6 heteroatoms. The summed E-state index contributed by atoms with van der Waals surface area (Å²) in [6, 6.07) is 0.439. The van der Waals surface area contributed by atoms with Crippen LogP contribution in [0.2, 0.25) is 0 Å². The van der Waals surface area contributed by atoms with Crippen molar-refractivity contribution < 1.29 is 9.59 Å². The molecule has 0 radical (unpaired) electrons. The highest BCUT2D eigenvalue weighted by atomic mass is 35.5. The molecule has 2 heterocycles. The van der Waals surface area contributed by atoms with E-state index < -0.39 is 0 Å². The van der Waals surface area contributed by atoms with E-state index in [1.807, 2.05) is 23.8 Å². The smallest absolute Gasteiger partial charge is 0.225 e. The molecule has 2 fully saturated rings. The van der Waals surface area contributed by atoms with Crippen molar-refractivity contribution in [3.8, 4) is 0 Å². The third-order valence-corrected chi connectivity index (χ3v) is 4.80. The average molecular weight is 332 g/mol. The lowest BCUT2D eigenvalue weighted by molar-refractivity contribution is -0.141. The predicted octanol–water partition coefficient (Wildman–Crippen LogP) is 1.66. The van der Waals surface area contributed by atoms with Crippen LogP contribution >= 0.6 is 12.4 Å². The SMILES string of the molecule is CCCC(=O)N1CCC(C(=O)N2CCCC(NC)C2)CC1.Cl. The molecule has 0 aromatic carbocycles. The van der Waals surface area contributed by atoms with Gasteiger partial charge in [-0.05, 0) is 39.2 Å². The zero-order valence-corrected chi connectivity index (χ0v) is 14.7. The van der Waals surface area contributed by atoms with Crippen molar-refractivity contribution in [3.05, 3.63) is 0 Å². The largest absolute Gasteiger partial charge is 0.343 e. The van der Waals surface area contributed by atoms with Crippen LogP contribution in [0.5, 0.6) is 0 Å². The Balaban J connectivity index is 0.00000242. The fraction of sp³-hybridized carbons (Fsp3) is 0.875. The number of piperidine rings is 2. The van der Waals surface area contributed by atoms with Crippen molar-refractivity contribution in [1.29, 1.82) is 0 Å². The molecule has 128 valence electrons. The number of likely N-dealkylation sites (N-methyl/N-ethyl adjacent to an activating group) is 1. The molecule has 1 N–H and O–H groups in total. The van der Waals surface area contributed by atoms with Crippen molar-refractivity contribution in [2.45, 2.75) is 51.5 Å². The van der Waals surface area contributed by atoms with E-state index in [0.29, 0.717) is 18.4 Å². The number of hydrogen-bond acceptors (Lipinski definition) is 3. The van der Waals surface area contributed by atoms with Crippen LogP contribution in [0.15, 0.2) is 0 Å². The van der Waals surface area contributed by atoms with Gasteiger partial charge < -0.3 is 15.1 Å². The molecule has 2 aliphatic heterocycles. The summed E-state index contributed by atoms with van der Waals surface area (Å²) in [5.74, 6) is 0.667. The summed E-state index contributed by atoms with van der Waals surface area (Å²) in [5.41, 5.74) is 0. The summed E-state index contributed by atoms with van der Waals surface area (Å²) < 4.78 is 0. The Morgan fingerprint density at radius 2 is 1.77 bits per heavy atom. The Labute approximate surface area is 140 Å². The van der Waals surface area contributed by atoms with Crippen molar-refractivity contribution >= 4 is 24.2 Å². The van der Waals surface area contributed by atoms with Crippen LogP contribution in [0.4, 0.5) is 0 Å². The number of likely N-dealkylation sites (tertiary alicyclic amines) is 2. The molecule has 0 aromatic heterocycles. The van der Waals surface area contributed by atoms with E-state index in [1.54, 1.807) is 0 Å². The number of nitrogens with one attached hydrogen (secondary N) is 1. The first-order chi connectivity index (χ1) is 10.2. The second-order valence-corrected chi connectivity index (χ2v) is 6.32. The minimum atomic E-state index is 0. The molecule has 0 bridgehead atoms. The first kappa shape index (κ1) is 19.2. The van der Waals surface area contributed by atoms with Gasteiger partial charge in [0.15, 0.2) is 0 Å². The van der Waals surface area contributed by atoms with Crippen LogP contribution in [-0.4, -0.2) is 60.9 Å². The van der Waals surface area contributed by atoms with Gasteiger partial charge in [-0.1, -0.05) is 6.92 Å². The van der Waals surface area contributed by atoms with Gasteiger partial charge in [0.05, 0.1) is 0 Å². The molecule has 5 nitrogen and oxygen atoms in total. The predicted molar refractivity (Wildman–Crippen MR) is 90.1 cm³/mol. The maximum Gasteiger partial charge on any atom is 0.225 e. The van der Waals surface area contributed by atoms with Gasteiger partial charge in [0, 0.05) is 44.6 Å². The summed E-state index contributed by atoms with van der Waals surface area (Å²) in [7, 11) is 1.97. The molecule has 22 heavy (non-hydrogen) atoms. The second-order valence-electron chi connectivity index (χ2n) is 6.32. The van der Waals surface area contributed by atoms with E-state index in [0.717, 1.165) is 58.3 Å². The zero-order chi connectivity index (χ0) is 15.2. The maximum atomic E-state index is 12.6. The topological polar surface area (TPSA) is 52.7 Å². The van der Waals surface area contributed by atoms with Gasteiger partial charge >= 0.3 is 0 Å². The highest BCUT2D eigenvalue weighted by Crippen LogP contribution is 2.22. The fourth-order valence-corrected chi connectivity index (χ4v) is 3.42. The van der Waals surface area contributed by atoms with E-state index in [2.05, 4.69) is 5.32 Å². The molecule has 2 rings (SSSR count). The van der Waals surface area contributed by atoms with Gasteiger partial charge in [0.1, 0.15) is 0 Å². The van der Waals surface area contributed by atoms with E-state index in [4.69, 9.17) is 0 Å². The summed E-state index contributed by atoms with van der Waals surface area (Å²) in [6.07, 6.45) is 5.44. The molecule has 1 unspecified atom stereocenters. The zero-order valence-electron chi connectivity index (χ0n) is 13.8. The lowest BCUT2D eigenvalue weighted by atomic mass is 9.93. The van der Waals surface area contributed by atoms with Gasteiger partial charge in [-0.2, -0.15) is 0 Å². The summed E-state index contributed by atoms with van der Waals surface area (Å²) >= 11 is 0. The van der Waals surface area contributed by atoms with E-state index in [9.17, 15) is 9.59 Å². The first-order valence-corrected chi connectivity index (χ1v) is 8.39. The summed E-state index contributed by atoms with van der Waals surface area (Å²) in [5, 5.41) is 3.28. The van der Waals surface area contributed by atoms with Gasteiger partial charge in [0.25, 0.3) is 0 Å². The molecular formula is C16H30ClN3O2. The Morgan fingerprint density at radius 1 is 1.09 bits per heavy atom. The summed E-state index contributed by atoms with van der Waals surface area (Å²) in [4.78, 5) is 28.4. The number of amides is 2. The normalized spacial score (nSPS) is 23.1. The number of rotatable bonds is 4. The number of hydrogen-bond donors (Lipinski definition) is 1. The third kappa shape index (κ3) is 4.85.